The Morgan fingerprint density at radius 2 is 1.85 bits per heavy atom. The summed E-state index contributed by atoms with van der Waals surface area (Å²) < 4.78 is 66.6. The van der Waals surface area contributed by atoms with E-state index in [1.807, 2.05) is 0 Å². The number of rotatable bonds is 7. The maximum Gasteiger partial charge on any atom is 0.416 e. The minimum Gasteiger partial charge on any atom is -0.354 e. The lowest BCUT2D eigenvalue weighted by atomic mass is 9.97. The molecule has 1 aliphatic carbocycles. The standard InChI is InChI=1S/C21H26F3N5O4S/c1-34(32,33)27-10-7-14(8-11-27)19(30)25-9-12-28-20(31)29(17-5-6-17)18(26-28)15-3-2-4-16(13-15)21(22,23)24/h2-4,13-14,17H,5-12H2,1H3,(H,25,30). The molecule has 1 aliphatic heterocycles. The molecule has 1 saturated carbocycles. The number of nitrogens with one attached hydrogen (secondary N) is 1. The predicted molar refractivity (Wildman–Crippen MR) is 117 cm³/mol. The first-order chi connectivity index (χ1) is 15.9. The van der Waals surface area contributed by atoms with E-state index in [0.29, 0.717) is 12.8 Å². The lowest BCUT2D eigenvalue weighted by molar-refractivity contribution is -0.137. The zero-order chi connectivity index (χ0) is 24.7. The van der Waals surface area contributed by atoms with Crippen LogP contribution in [0.5, 0.6) is 0 Å². The molecule has 1 aromatic heterocycles. The number of halogens is 3. The normalized spacial score (nSPS) is 18.2. The van der Waals surface area contributed by atoms with Crippen LogP contribution < -0.4 is 11.0 Å². The smallest absolute Gasteiger partial charge is 0.354 e. The molecule has 9 nitrogen and oxygen atoms in total. The summed E-state index contributed by atoms with van der Waals surface area (Å²) in [6.45, 7) is 0.748. The van der Waals surface area contributed by atoms with Crippen molar-refractivity contribution in [1.29, 1.82) is 0 Å². The summed E-state index contributed by atoms with van der Waals surface area (Å²) in [7, 11) is -3.28. The summed E-state index contributed by atoms with van der Waals surface area (Å²) in [5.41, 5.74) is -1.03. The second-order valence-electron chi connectivity index (χ2n) is 8.74. The van der Waals surface area contributed by atoms with Crippen molar-refractivity contribution in [2.24, 2.45) is 5.92 Å². The van der Waals surface area contributed by atoms with Crippen molar-refractivity contribution in [2.75, 3.05) is 25.9 Å². The number of aromatic nitrogens is 3. The monoisotopic (exact) mass is 501 g/mol. The lowest BCUT2D eigenvalue weighted by Crippen LogP contribution is -2.43. The van der Waals surface area contributed by atoms with Crippen molar-refractivity contribution in [2.45, 2.75) is 44.4 Å². The number of amides is 1. The first kappa shape index (κ1) is 24.5. The molecule has 1 saturated heterocycles. The third-order valence-electron chi connectivity index (χ3n) is 6.15. The van der Waals surface area contributed by atoms with Gasteiger partial charge in [0.15, 0.2) is 5.82 Å². The molecule has 1 aromatic carbocycles. The van der Waals surface area contributed by atoms with Crippen molar-refractivity contribution in [3.63, 3.8) is 0 Å². The van der Waals surface area contributed by atoms with Crippen LogP contribution in [0.3, 0.4) is 0 Å². The molecule has 2 aliphatic rings. The topological polar surface area (TPSA) is 106 Å². The second kappa shape index (κ2) is 9.17. The molecular weight excluding hydrogens is 475 g/mol. The van der Waals surface area contributed by atoms with Gasteiger partial charge in [-0.15, -0.1) is 5.10 Å². The molecule has 4 rings (SSSR count). The average molecular weight is 502 g/mol. The Morgan fingerprint density at radius 3 is 2.44 bits per heavy atom. The van der Waals surface area contributed by atoms with Crippen LogP contribution in [0.15, 0.2) is 29.1 Å². The lowest BCUT2D eigenvalue weighted by Gasteiger charge is -2.29. The van der Waals surface area contributed by atoms with Crippen LogP contribution in [0.2, 0.25) is 0 Å². The van der Waals surface area contributed by atoms with Gasteiger partial charge in [0, 0.05) is 37.2 Å². The van der Waals surface area contributed by atoms with E-state index >= 15 is 0 Å². The van der Waals surface area contributed by atoms with Crippen molar-refractivity contribution in [1.82, 2.24) is 24.0 Å². The molecule has 2 heterocycles. The first-order valence-corrected chi connectivity index (χ1v) is 12.9. The number of carbonyl (C=O) groups is 1. The summed E-state index contributed by atoms with van der Waals surface area (Å²) in [4.78, 5) is 25.4. The van der Waals surface area contributed by atoms with Crippen LogP contribution in [0.1, 0.15) is 37.3 Å². The van der Waals surface area contributed by atoms with Crippen LogP contribution >= 0.6 is 0 Å². The molecule has 0 bridgehead atoms. The number of carbonyl (C=O) groups excluding carboxylic acids is 1. The van der Waals surface area contributed by atoms with E-state index in [2.05, 4.69) is 10.4 Å². The number of hydrogen-bond acceptors (Lipinski definition) is 5. The van der Waals surface area contributed by atoms with Crippen LogP contribution in [0.25, 0.3) is 11.4 Å². The average Bonchev–Trinajstić information content (AvgIpc) is 3.56. The molecule has 1 amide bonds. The van der Waals surface area contributed by atoms with Gasteiger partial charge in [0.2, 0.25) is 15.9 Å². The van der Waals surface area contributed by atoms with Crippen LogP contribution in [0.4, 0.5) is 13.2 Å². The fourth-order valence-corrected chi connectivity index (χ4v) is 5.01. The third kappa shape index (κ3) is 5.35. The summed E-state index contributed by atoms with van der Waals surface area (Å²) in [5.74, 6) is -0.363. The fourth-order valence-electron chi connectivity index (χ4n) is 4.14. The van der Waals surface area contributed by atoms with Crippen LogP contribution in [-0.4, -0.2) is 58.9 Å². The maximum atomic E-state index is 13.1. The van der Waals surface area contributed by atoms with Crippen molar-refractivity contribution >= 4 is 15.9 Å². The number of nitrogens with zero attached hydrogens (tertiary/aromatic N) is 4. The van der Waals surface area contributed by atoms with E-state index in [4.69, 9.17) is 0 Å². The summed E-state index contributed by atoms with van der Waals surface area (Å²) in [5, 5.41) is 7.05. The minimum atomic E-state index is -4.51. The van der Waals surface area contributed by atoms with E-state index in [1.165, 1.54) is 25.7 Å². The van der Waals surface area contributed by atoms with E-state index in [-0.39, 0.29) is 55.4 Å². The summed E-state index contributed by atoms with van der Waals surface area (Å²) in [6, 6.07) is 4.63. The van der Waals surface area contributed by atoms with E-state index in [1.54, 1.807) is 0 Å². The minimum absolute atomic E-state index is 0.0679. The van der Waals surface area contributed by atoms with E-state index in [9.17, 15) is 31.2 Å². The Balaban J connectivity index is 1.43. The Morgan fingerprint density at radius 1 is 1.18 bits per heavy atom. The third-order valence-corrected chi connectivity index (χ3v) is 7.45. The molecule has 2 fully saturated rings. The molecular formula is C21H26F3N5O4S. The first-order valence-electron chi connectivity index (χ1n) is 11.0. The Kier molecular flexibility index (Phi) is 6.60. The van der Waals surface area contributed by atoms with Gasteiger partial charge in [-0.05, 0) is 37.8 Å². The quantitative estimate of drug-likeness (QED) is 0.624. The molecule has 1 N–H and O–H groups in total. The van der Waals surface area contributed by atoms with Crippen LogP contribution in [-0.2, 0) is 27.5 Å². The number of hydrogen-bond donors (Lipinski definition) is 1. The Bertz CT molecular complexity index is 1230. The largest absolute Gasteiger partial charge is 0.416 e. The number of piperidine rings is 1. The SMILES string of the molecule is CS(=O)(=O)N1CCC(C(=O)NCCn2nc(-c3cccc(C(F)(F)F)c3)n(C3CC3)c2=O)CC1. The van der Waals surface area contributed by atoms with Gasteiger partial charge < -0.3 is 5.32 Å². The highest BCUT2D eigenvalue weighted by Gasteiger charge is 2.33. The van der Waals surface area contributed by atoms with Gasteiger partial charge in [-0.2, -0.15) is 13.2 Å². The molecule has 0 unspecified atom stereocenters. The molecule has 13 heteroatoms. The van der Waals surface area contributed by atoms with Crippen molar-refractivity contribution < 1.29 is 26.4 Å². The van der Waals surface area contributed by atoms with Gasteiger partial charge in [-0.3, -0.25) is 9.36 Å². The van der Waals surface area contributed by atoms with Gasteiger partial charge in [0.05, 0.1) is 18.4 Å². The number of sulfonamides is 1. The number of alkyl halides is 3. The molecule has 0 atom stereocenters. The highest BCUT2D eigenvalue weighted by molar-refractivity contribution is 7.88. The Hall–Kier alpha value is -2.67. The van der Waals surface area contributed by atoms with E-state index in [0.717, 1.165) is 31.2 Å². The van der Waals surface area contributed by atoms with Crippen molar-refractivity contribution in [3.05, 3.63) is 40.3 Å². The maximum absolute atomic E-state index is 13.1. The summed E-state index contributed by atoms with van der Waals surface area (Å²) >= 11 is 0. The zero-order valence-electron chi connectivity index (χ0n) is 18.6. The zero-order valence-corrected chi connectivity index (χ0v) is 19.4. The highest BCUT2D eigenvalue weighted by atomic mass is 32.2. The van der Waals surface area contributed by atoms with Gasteiger partial charge in [-0.1, -0.05) is 12.1 Å². The van der Waals surface area contributed by atoms with Crippen LogP contribution in [0, 0.1) is 5.92 Å². The fraction of sp³-hybridized carbons (Fsp3) is 0.571. The molecule has 34 heavy (non-hydrogen) atoms. The predicted octanol–water partition coefficient (Wildman–Crippen LogP) is 1.85. The van der Waals surface area contributed by atoms with Crippen molar-refractivity contribution in [3.8, 4) is 11.4 Å². The van der Waals surface area contributed by atoms with Gasteiger partial charge >= 0.3 is 11.9 Å². The highest BCUT2D eigenvalue weighted by Crippen LogP contribution is 2.37. The molecule has 0 radical (unpaired) electrons. The Labute approximate surface area is 194 Å². The van der Waals surface area contributed by atoms with E-state index < -0.39 is 27.5 Å². The number of benzene rings is 1. The van der Waals surface area contributed by atoms with Gasteiger partial charge in [-0.25, -0.2) is 22.2 Å². The molecule has 0 spiro atoms. The molecule has 186 valence electrons. The molecule has 2 aromatic rings. The summed E-state index contributed by atoms with van der Waals surface area (Å²) in [6.07, 6.45) is -1.05. The second-order valence-corrected chi connectivity index (χ2v) is 10.7. The van der Waals surface area contributed by atoms with Gasteiger partial charge in [0.1, 0.15) is 0 Å². The van der Waals surface area contributed by atoms with Gasteiger partial charge in [0.25, 0.3) is 0 Å².